The molecule has 170 valence electrons. The molecule has 34 heavy (non-hydrogen) atoms. The van der Waals surface area contributed by atoms with Gasteiger partial charge in [0.05, 0.1) is 11.6 Å². The van der Waals surface area contributed by atoms with E-state index < -0.39 is 6.10 Å². The van der Waals surface area contributed by atoms with E-state index in [1.807, 2.05) is 48.5 Å². The molecule has 1 fully saturated rings. The number of terminal acetylenes is 1. The second-order valence-corrected chi connectivity index (χ2v) is 10.1. The first kappa shape index (κ1) is 22.7. The molecule has 5 rings (SSSR count). The van der Waals surface area contributed by atoms with Gasteiger partial charge in [-0.25, -0.2) is 4.39 Å². The van der Waals surface area contributed by atoms with Crippen molar-refractivity contribution < 1.29 is 9.50 Å². The SMILES string of the molecule is C#CC[C@H](O)CC(Sc1ccccc1)c1c(C2CC2)nc2ccccc2c1-c1ccc(F)cc1. The Bertz CT molecular complexity index is 1330. The molecule has 1 heterocycles. The molecule has 0 amide bonds. The first-order valence-corrected chi connectivity index (χ1v) is 12.5. The topological polar surface area (TPSA) is 33.1 Å². The van der Waals surface area contributed by atoms with Crippen LogP contribution in [0.3, 0.4) is 0 Å². The zero-order valence-corrected chi connectivity index (χ0v) is 19.6. The number of fused-ring (bicyclic) bond motifs is 1. The van der Waals surface area contributed by atoms with Crippen molar-refractivity contribution >= 4 is 22.7 Å². The fraction of sp³-hybridized carbons (Fsp3) is 0.233. The maximum absolute atomic E-state index is 13.9. The summed E-state index contributed by atoms with van der Waals surface area (Å²) in [6, 6.07) is 25.1. The van der Waals surface area contributed by atoms with Crippen molar-refractivity contribution in [1.82, 2.24) is 4.98 Å². The van der Waals surface area contributed by atoms with Gasteiger partial charge in [0.2, 0.25) is 0 Å². The van der Waals surface area contributed by atoms with Crippen molar-refractivity contribution in [1.29, 1.82) is 0 Å². The van der Waals surface area contributed by atoms with Gasteiger partial charge in [0, 0.05) is 33.6 Å². The number of benzene rings is 3. The van der Waals surface area contributed by atoms with E-state index >= 15 is 0 Å². The molecule has 0 saturated heterocycles. The number of para-hydroxylation sites is 1. The lowest BCUT2D eigenvalue weighted by atomic mass is 9.89. The van der Waals surface area contributed by atoms with Crippen molar-refractivity contribution in [2.45, 2.75) is 47.9 Å². The third-order valence-electron chi connectivity index (χ3n) is 6.24. The van der Waals surface area contributed by atoms with Gasteiger partial charge in [0.1, 0.15) is 5.82 Å². The molecular weight excluding hydrogens is 441 g/mol. The van der Waals surface area contributed by atoms with Gasteiger partial charge in [-0.2, -0.15) is 0 Å². The van der Waals surface area contributed by atoms with Crippen molar-refractivity contribution in [3.63, 3.8) is 0 Å². The van der Waals surface area contributed by atoms with Crippen LogP contribution in [0.5, 0.6) is 0 Å². The zero-order chi connectivity index (χ0) is 23.5. The molecule has 1 N–H and O–H groups in total. The van der Waals surface area contributed by atoms with Crippen LogP contribution in [0.2, 0.25) is 0 Å². The summed E-state index contributed by atoms with van der Waals surface area (Å²) >= 11 is 1.73. The van der Waals surface area contributed by atoms with Crippen LogP contribution < -0.4 is 0 Å². The highest BCUT2D eigenvalue weighted by Crippen LogP contribution is 2.51. The van der Waals surface area contributed by atoms with E-state index in [9.17, 15) is 9.50 Å². The highest BCUT2D eigenvalue weighted by molar-refractivity contribution is 7.99. The number of hydrogen-bond acceptors (Lipinski definition) is 3. The average molecular weight is 468 g/mol. The van der Waals surface area contributed by atoms with Gasteiger partial charge in [-0.05, 0) is 66.3 Å². The van der Waals surface area contributed by atoms with Crippen molar-refractivity contribution in [2.24, 2.45) is 0 Å². The minimum atomic E-state index is -0.620. The Hall–Kier alpha value is -3.13. The molecule has 0 spiro atoms. The smallest absolute Gasteiger partial charge is 0.123 e. The summed E-state index contributed by atoms with van der Waals surface area (Å²) in [5.74, 6) is 2.75. The van der Waals surface area contributed by atoms with E-state index in [4.69, 9.17) is 11.4 Å². The monoisotopic (exact) mass is 467 g/mol. The Morgan fingerprint density at radius 2 is 1.71 bits per heavy atom. The van der Waals surface area contributed by atoms with Gasteiger partial charge < -0.3 is 5.11 Å². The summed E-state index contributed by atoms with van der Waals surface area (Å²) in [5.41, 5.74) is 5.22. The average Bonchev–Trinajstić information content (AvgIpc) is 3.69. The van der Waals surface area contributed by atoms with Crippen LogP contribution in [-0.4, -0.2) is 16.2 Å². The molecule has 4 heteroatoms. The Labute approximate surface area is 204 Å². The molecule has 1 saturated carbocycles. The van der Waals surface area contributed by atoms with E-state index in [2.05, 4.69) is 24.1 Å². The van der Waals surface area contributed by atoms with Crippen molar-refractivity contribution in [2.75, 3.05) is 0 Å². The Morgan fingerprint density at radius 1 is 1.00 bits per heavy atom. The fourth-order valence-electron chi connectivity index (χ4n) is 4.52. The third kappa shape index (κ3) is 4.87. The molecule has 0 bridgehead atoms. The third-order valence-corrected chi connectivity index (χ3v) is 7.50. The van der Waals surface area contributed by atoms with Crippen LogP contribution in [0, 0.1) is 18.2 Å². The van der Waals surface area contributed by atoms with Crippen LogP contribution in [-0.2, 0) is 0 Å². The van der Waals surface area contributed by atoms with Crippen LogP contribution in [0.15, 0.2) is 83.8 Å². The van der Waals surface area contributed by atoms with Gasteiger partial charge in [-0.1, -0.05) is 48.5 Å². The number of aliphatic hydroxyl groups is 1. The molecule has 4 aromatic rings. The van der Waals surface area contributed by atoms with Crippen molar-refractivity contribution in [3.8, 4) is 23.5 Å². The standard InChI is InChI=1S/C30H26FNOS/c1-2-8-23(33)19-27(34-24-9-4-3-5-10-24)29-28(20-15-17-22(31)18-16-20)25-11-6-7-12-26(25)32-30(29)21-13-14-21/h1,3-7,9-12,15-18,21,23,27,33H,8,13-14,19H2/t23-,27?/m0/s1. The molecule has 3 aromatic carbocycles. The maximum atomic E-state index is 13.9. The number of aromatic nitrogens is 1. The van der Waals surface area contributed by atoms with Gasteiger partial charge in [0.25, 0.3) is 0 Å². The molecule has 1 unspecified atom stereocenters. The normalized spacial score (nSPS) is 15.1. The minimum absolute atomic E-state index is 0.0569. The predicted octanol–water partition coefficient (Wildman–Crippen LogP) is 7.53. The quantitative estimate of drug-likeness (QED) is 0.215. The number of halogens is 1. The number of rotatable bonds is 8. The van der Waals surface area contributed by atoms with Gasteiger partial charge >= 0.3 is 0 Å². The van der Waals surface area contributed by atoms with E-state index in [1.165, 1.54) is 12.1 Å². The maximum Gasteiger partial charge on any atom is 0.123 e. The van der Waals surface area contributed by atoms with Crippen LogP contribution in [0.25, 0.3) is 22.0 Å². The van der Waals surface area contributed by atoms with Crippen molar-refractivity contribution in [3.05, 3.63) is 95.9 Å². The first-order chi connectivity index (χ1) is 16.6. The van der Waals surface area contributed by atoms with Gasteiger partial charge in [-0.15, -0.1) is 24.1 Å². The molecule has 2 nitrogen and oxygen atoms in total. The molecule has 1 aliphatic carbocycles. The predicted molar refractivity (Wildman–Crippen MR) is 138 cm³/mol. The Kier molecular flexibility index (Phi) is 6.67. The van der Waals surface area contributed by atoms with E-state index in [-0.39, 0.29) is 11.1 Å². The molecule has 1 aliphatic rings. The van der Waals surface area contributed by atoms with Crippen LogP contribution in [0.4, 0.5) is 4.39 Å². The van der Waals surface area contributed by atoms with E-state index in [0.717, 1.165) is 51.0 Å². The lowest BCUT2D eigenvalue weighted by molar-refractivity contribution is 0.169. The fourth-order valence-corrected chi connectivity index (χ4v) is 5.84. The summed E-state index contributed by atoms with van der Waals surface area (Å²) < 4.78 is 13.9. The van der Waals surface area contributed by atoms with E-state index in [0.29, 0.717) is 18.8 Å². The second-order valence-electron chi connectivity index (χ2n) is 8.80. The highest BCUT2D eigenvalue weighted by Gasteiger charge is 2.34. The molecule has 1 aromatic heterocycles. The number of thioether (sulfide) groups is 1. The van der Waals surface area contributed by atoms with Gasteiger partial charge in [0.15, 0.2) is 0 Å². The molecule has 0 radical (unpaired) electrons. The zero-order valence-electron chi connectivity index (χ0n) is 18.8. The summed E-state index contributed by atoms with van der Waals surface area (Å²) in [4.78, 5) is 6.27. The Balaban J connectivity index is 1.75. The molecular formula is C30H26FNOS. The minimum Gasteiger partial charge on any atom is -0.392 e. The number of aliphatic hydroxyl groups excluding tert-OH is 1. The number of pyridine rings is 1. The highest BCUT2D eigenvalue weighted by atomic mass is 32.2. The number of hydrogen-bond donors (Lipinski definition) is 1. The van der Waals surface area contributed by atoms with Crippen LogP contribution in [0.1, 0.15) is 48.1 Å². The van der Waals surface area contributed by atoms with Gasteiger partial charge in [-0.3, -0.25) is 4.98 Å². The number of nitrogens with zero attached hydrogens (tertiary/aromatic N) is 1. The summed E-state index contributed by atoms with van der Waals surface area (Å²) in [7, 11) is 0. The Morgan fingerprint density at radius 3 is 2.41 bits per heavy atom. The van der Waals surface area contributed by atoms with Crippen LogP contribution >= 0.6 is 11.8 Å². The van der Waals surface area contributed by atoms with E-state index in [1.54, 1.807) is 11.8 Å². The summed E-state index contributed by atoms with van der Waals surface area (Å²) in [6.07, 6.45) is 7.94. The molecule has 2 atom stereocenters. The second kappa shape index (κ2) is 10.0. The first-order valence-electron chi connectivity index (χ1n) is 11.7. The molecule has 0 aliphatic heterocycles. The summed E-state index contributed by atoms with van der Waals surface area (Å²) in [5, 5.41) is 11.8. The largest absolute Gasteiger partial charge is 0.392 e. The summed E-state index contributed by atoms with van der Waals surface area (Å²) in [6.45, 7) is 0. The lowest BCUT2D eigenvalue weighted by Gasteiger charge is -2.26. The lowest BCUT2D eigenvalue weighted by Crippen LogP contribution is -2.13.